The summed E-state index contributed by atoms with van der Waals surface area (Å²) in [6, 6.07) is 14.2. The van der Waals surface area contributed by atoms with Gasteiger partial charge in [0.1, 0.15) is 19.0 Å². The zero-order chi connectivity index (χ0) is 30.5. The Morgan fingerprint density at radius 2 is 1.83 bits per heavy atom. The van der Waals surface area contributed by atoms with Gasteiger partial charge in [-0.15, -0.1) is 0 Å². The summed E-state index contributed by atoms with van der Waals surface area (Å²) in [6.07, 6.45) is -1.66. The fourth-order valence-electron chi connectivity index (χ4n) is 4.45. The van der Waals surface area contributed by atoms with E-state index in [1.165, 1.54) is 28.6 Å². The highest BCUT2D eigenvalue weighted by atomic mass is 32.2. The van der Waals surface area contributed by atoms with Gasteiger partial charge in [0.25, 0.3) is 0 Å². The Morgan fingerprint density at radius 3 is 2.45 bits per heavy atom. The largest absolute Gasteiger partial charge is 0.459 e. The number of aliphatic hydroxyl groups is 1. The van der Waals surface area contributed by atoms with Crippen molar-refractivity contribution in [3.63, 3.8) is 0 Å². The lowest BCUT2D eigenvalue weighted by atomic mass is 10.0. The number of anilines is 1. The minimum absolute atomic E-state index is 0.0342. The summed E-state index contributed by atoms with van der Waals surface area (Å²) in [4.78, 5) is 25.9. The number of hydrogen-bond donors (Lipinski definition) is 3. The number of esters is 1. The van der Waals surface area contributed by atoms with Crippen molar-refractivity contribution in [3.8, 4) is 0 Å². The molecule has 0 aromatic heterocycles. The summed E-state index contributed by atoms with van der Waals surface area (Å²) in [5.41, 5.74) is 7.02. The number of carbonyl (C=O) groups excluding carboxylic acids is 2. The highest BCUT2D eigenvalue weighted by Gasteiger charge is 2.35. The molecule has 232 valence electrons. The van der Waals surface area contributed by atoms with Crippen LogP contribution in [-0.2, 0) is 40.2 Å². The summed E-state index contributed by atoms with van der Waals surface area (Å²) >= 11 is 0. The van der Waals surface area contributed by atoms with Crippen LogP contribution in [0.2, 0.25) is 0 Å². The lowest BCUT2D eigenvalue weighted by Gasteiger charge is -2.33. The standard InChI is InChI=1S/C29H41N3O9S/c1-21(2)17-32(42(36,37)25-10-8-23(30)9-11-25)18-27(41-28(34)13-15-39-20-33)26(16-22-6-4-3-5-7-22)31-29(35)40-24-12-14-38-19-24/h3-11,21,24,26-27,33H,12-20,30H2,1-2H3,(H,31,35)/t24-,26-,27+/m0/s1. The number of amides is 1. The zero-order valence-corrected chi connectivity index (χ0v) is 24.8. The van der Waals surface area contributed by atoms with Crippen molar-refractivity contribution in [2.45, 2.75) is 56.3 Å². The Labute approximate surface area is 247 Å². The van der Waals surface area contributed by atoms with Crippen molar-refractivity contribution >= 4 is 27.8 Å². The molecule has 2 aromatic carbocycles. The van der Waals surface area contributed by atoms with Gasteiger partial charge in [-0.25, -0.2) is 13.2 Å². The van der Waals surface area contributed by atoms with Crippen molar-refractivity contribution in [2.75, 3.05) is 45.4 Å². The molecule has 2 aromatic rings. The number of nitrogens with two attached hydrogens (primary N) is 1. The fraction of sp³-hybridized carbons (Fsp3) is 0.517. The molecule has 3 atom stereocenters. The predicted molar refractivity (Wildman–Crippen MR) is 155 cm³/mol. The summed E-state index contributed by atoms with van der Waals surface area (Å²) < 4.78 is 50.4. The van der Waals surface area contributed by atoms with Gasteiger partial charge in [-0.3, -0.25) is 4.79 Å². The fourth-order valence-corrected chi connectivity index (χ4v) is 6.06. The summed E-state index contributed by atoms with van der Waals surface area (Å²) in [7, 11) is -4.05. The number of nitrogen functional groups attached to an aromatic ring is 1. The van der Waals surface area contributed by atoms with E-state index in [9.17, 15) is 18.0 Å². The smallest absolute Gasteiger partial charge is 0.407 e. The maximum Gasteiger partial charge on any atom is 0.407 e. The Morgan fingerprint density at radius 1 is 1.12 bits per heavy atom. The van der Waals surface area contributed by atoms with Crippen molar-refractivity contribution in [3.05, 3.63) is 60.2 Å². The van der Waals surface area contributed by atoms with Crippen LogP contribution in [0.15, 0.2) is 59.5 Å². The molecule has 1 amide bonds. The van der Waals surface area contributed by atoms with Crippen LogP contribution in [0, 0.1) is 5.92 Å². The minimum Gasteiger partial charge on any atom is -0.459 e. The van der Waals surface area contributed by atoms with E-state index in [0.29, 0.717) is 18.7 Å². The van der Waals surface area contributed by atoms with Gasteiger partial charge in [0, 0.05) is 18.7 Å². The second kappa shape index (κ2) is 16.4. The highest BCUT2D eigenvalue weighted by Crippen LogP contribution is 2.22. The average Bonchev–Trinajstić information content (AvgIpc) is 3.45. The molecule has 4 N–H and O–H groups in total. The van der Waals surface area contributed by atoms with Crippen molar-refractivity contribution < 1.29 is 42.1 Å². The minimum atomic E-state index is -4.05. The quantitative estimate of drug-likeness (QED) is 0.112. The summed E-state index contributed by atoms with van der Waals surface area (Å²) in [5, 5.41) is 11.7. The van der Waals surface area contributed by atoms with E-state index in [0.717, 1.165) is 5.56 Å². The first-order chi connectivity index (χ1) is 20.1. The number of aliphatic hydroxyl groups excluding tert-OH is 1. The second-order valence-corrected chi connectivity index (χ2v) is 12.4. The topological polar surface area (TPSA) is 167 Å². The van der Waals surface area contributed by atoms with Gasteiger partial charge in [0.2, 0.25) is 10.0 Å². The number of benzene rings is 2. The lowest BCUT2D eigenvalue weighted by Crippen LogP contribution is -2.53. The van der Waals surface area contributed by atoms with Crippen molar-refractivity contribution in [2.24, 2.45) is 5.92 Å². The lowest BCUT2D eigenvalue weighted by molar-refractivity contribution is -0.153. The van der Waals surface area contributed by atoms with Crippen LogP contribution in [0.3, 0.4) is 0 Å². The van der Waals surface area contributed by atoms with Gasteiger partial charge < -0.3 is 35.1 Å². The molecule has 1 heterocycles. The highest BCUT2D eigenvalue weighted by molar-refractivity contribution is 7.89. The monoisotopic (exact) mass is 607 g/mol. The first-order valence-corrected chi connectivity index (χ1v) is 15.3. The molecule has 42 heavy (non-hydrogen) atoms. The Bertz CT molecular complexity index is 1220. The van der Waals surface area contributed by atoms with E-state index in [-0.39, 0.29) is 50.0 Å². The molecule has 0 radical (unpaired) electrons. The van der Waals surface area contributed by atoms with E-state index in [2.05, 4.69) is 5.32 Å². The third-order valence-electron chi connectivity index (χ3n) is 6.51. The molecule has 0 unspecified atom stereocenters. The number of alkyl carbamates (subject to hydrolysis) is 1. The molecule has 1 fully saturated rings. The maximum absolute atomic E-state index is 13.8. The second-order valence-electron chi connectivity index (χ2n) is 10.4. The third-order valence-corrected chi connectivity index (χ3v) is 8.35. The molecule has 1 aliphatic heterocycles. The van der Waals surface area contributed by atoms with Gasteiger partial charge in [-0.2, -0.15) is 4.31 Å². The first kappa shape index (κ1) is 33.3. The number of hydrogen-bond acceptors (Lipinski definition) is 10. The number of carbonyl (C=O) groups is 2. The number of nitrogens with zero attached hydrogens (tertiary/aromatic N) is 1. The summed E-state index contributed by atoms with van der Waals surface area (Å²) in [6.45, 7) is 3.73. The molecule has 0 aliphatic carbocycles. The van der Waals surface area contributed by atoms with Crippen LogP contribution < -0.4 is 11.1 Å². The first-order valence-electron chi connectivity index (χ1n) is 13.9. The molecule has 1 aliphatic rings. The number of rotatable bonds is 16. The molecule has 13 heteroatoms. The van der Waals surface area contributed by atoms with Crippen LogP contribution in [-0.4, -0.2) is 87.8 Å². The van der Waals surface area contributed by atoms with Gasteiger partial charge in [0.15, 0.2) is 0 Å². The van der Waals surface area contributed by atoms with Crippen LogP contribution >= 0.6 is 0 Å². The van der Waals surface area contributed by atoms with Gasteiger partial charge >= 0.3 is 12.1 Å². The Balaban J connectivity index is 1.95. The van der Waals surface area contributed by atoms with Crippen LogP contribution in [0.4, 0.5) is 10.5 Å². The van der Waals surface area contributed by atoms with E-state index >= 15 is 0 Å². The Kier molecular flexibility index (Phi) is 13.0. The van der Waals surface area contributed by atoms with Crippen molar-refractivity contribution in [1.29, 1.82) is 0 Å². The van der Waals surface area contributed by atoms with Gasteiger partial charge in [0.05, 0.1) is 43.7 Å². The molecular formula is C29H41N3O9S. The Hall–Kier alpha value is -3.23. The van der Waals surface area contributed by atoms with Crippen LogP contribution in [0.5, 0.6) is 0 Å². The molecule has 3 rings (SSSR count). The van der Waals surface area contributed by atoms with E-state index in [1.807, 2.05) is 44.2 Å². The van der Waals surface area contributed by atoms with E-state index in [4.69, 9.17) is 29.8 Å². The predicted octanol–water partition coefficient (Wildman–Crippen LogP) is 2.31. The van der Waals surface area contributed by atoms with Crippen molar-refractivity contribution in [1.82, 2.24) is 9.62 Å². The van der Waals surface area contributed by atoms with Gasteiger partial charge in [-0.1, -0.05) is 44.2 Å². The van der Waals surface area contributed by atoms with Crippen LogP contribution in [0.25, 0.3) is 0 Å². The van der Waals surface area contributed by atoms with Crippen LogP contribution in [0.1, 0.15) is 32.3 Å². The SMILES string of the molecule is CC(C)CN(C[C@@H](OC(=O)CCOCO)[C@H](Cc1ccccc1)NC(=O)O[C@H]1CCOC1)S(=O)(=O)c1ccc(N)cc1. The van der Waals surface area contributed by atoms with E-state index in [1.54, 1.807) is 0 Å². The number of ether oxygens (including phenoxy) is 4. The number of sulfonamides is 1. The molecule has 0 bridgehead atoms. The number of nitrogens with one attached hydrogen (secondary N) is 1. The van der Waals surface area contributed by atoms with E-state index < -0.39 is 47.1 Å². The van der Waals surface area contributed by atoms with Gasteiger partial charge in [-0.05, 0) is 42.2 Å². The third kappa shape index (κ3) is 10.6. The average molecular weight is 608 g/mol. The molecule has 12 nitrogen and oxygen atoms in total. The zero-order valence-electron chi connectivity index (χ0n) is 24.0. The maximum atomic E-state index is 13.8. The normalized spacial score (nSPS) is 16.7. The molecular weight excluding hydrogens is 566 g/mol. The molecule has 0 saturated carbocycles. The molecule has 1 saturated heterocycles. The molecule has 0 spiro atoms. The summed E-state index contributed by atoms with van der Waals surface area (Å²) in [5.74, 6) is -0.754.